The second-order valence-corrected chi connectivity index (χ2v) is 5.33. The molecule has 0 radical (unpaired) electrons. The second kappa shape index (κ2) is 6.19. The molecule has 5 heteroatoms. The van der Waals surface area contributed by atoms with Crippen LogP contribution in [0.1, 0.15) is 43.6 Å². The molecule has 5 nitrogen and oxygen atoms in total. The number of aryl methyl sites for hydroxylation is 2. The van der Waals surface area contributed by atoms with Crippen molar-refractivity contribution >= 4 is 5.97 Å². The first-order chi connectivity index (χ1) is 8.81. The summed E-state index contributed by atoms with van der Waals surface area (Å²) in [5, 5.41) is 16.9. The van der Waals surface area contributed by atoms with Gasteiger partial charge in [-0.15, -0.1) is 0 Å². The first-order valence-electron chi connectivity index (χ1n) is 6.81. The summed E-state index contributed by atoms with van der Waals surface area (Å²) in [6.07, 6.45) is 1.44. The lowest BCUT2D eigenvalue weighted by atomic mass is 9.97. The minimum absolute atomic E-state index is 0.518. The molecule has 108 valence electrons. The predicted octanol–water partition coefficient (Wildman–Crippen LogP) is 2.04. The van der Waals surface area contributed by atoms with E-state index in [0.29, 0.717) is 19.5 Å². The molecular formula is C14H25N3O2. The average molecular weight is 267 g/mol. The van der Waals surface area contributed by atoms with E-state index in [1.807, 2.05) is 32.4 Å². The fourth-order valence-corrected chi connectivity index (χ4v) is 2.01. The van der Waals surface area contributed by atoms with Crippen molar-refractivity contribution in [1.82, 2.24) is 15.1 Å². The molecule has 0 bridgehead atoms. The van der Waals surface area contributed by atoms with Crippen LogP contribution >= 0.6 is 0 Å². The van der Waals surface area contributed by atoms with Crippen molar-refractivity contribution in [2.24, 2.45) is 0 Å². The highest BCUT2D eigenvalue weighted by atomic mass is 16.4. The van der Waals surface area contributed by atoms with Crippen LogP contribution < -0.4 is 5.32 Å². The van der Waals surface area contributed by atoms with Crippen molar-refractivity contribution in [3.63, 3.8) is 0 Å². The number of carbonyl (C=O) groups is 1. The quantitative estimate of drug-likeness (QED) is 0.793. The Bertz CT molecular complexity index is 454. The summed E-state index contributed by atoms with van der Waals surface area (Å²) in [5.74, 6) is -0.806. The molecule has 1 aromatic rings. The maximum atomic E-state index is 11.4. The first-order valence-corrected chi connectivity index (χ1v) is 6.81. The number of nitrogens with zero attached hydrogens (tertiary/aromatic N) is 2. The van der Waals surface area contributed by atoms with Crippen LogP contribution in [0.5, 0.6) is 0 Å². The molecule has 1 aromatic heterocycles. The summed E-state index contributed by atoms with van der Waals surface area (Å²) in [6, 6.07) is 0. The number of rotatable bonds is 7. The van der Waals surface area contributed by atoms with Gasteiger partial charge in [0.15, 0.2) is 0 Å². The van der Waals surface area contributed by atoms with E-state index in [0.717, 1.165) is 17.8 Å². The number of carboxylic acid groups (broad SMARTS) is 1. The summed E-state index contributed by atoms with van der Waals surface area (Å²) in [7, 11) is 0. The Labute approximate surface area is 115 Å². The molecule has 0 amide bonds. The molecule has 0 saturated heterocycles. The van der Waals surface area contributed by atoms with E-state index in [9.17, 15) is 9.90 Å². The lowest BCUT2D eigenvalue weighted by Gasteiger charge is -2.26. The van der Waals surface area contributed by atoms with Gasteiger partial charge in [0.25, 0.3) is 0 Å². The smallest absolute Gasteiger partial charge is 0.323 e. The lowest BCUT2D eigenvalue weighted by molar-refractivity contribution is -0.144. The third-order valence-corrected chi connectivity index (χ3v) is 3.80. The van der Waals surface area contributed by atoms with Gasteiger partial charge in [-0.1, -0.05) is 6.92 Å². The zero-order valence-corrected chi connectivity index (χ0v) is 12.6. The van der Waals surface area contributed by atoms with Gasteiger partial charge in [-0.25, -0.2) is 0 Å². The summed E-state index contributed by atoms with van der Waals surface area (Å²) in [6.45, 7) is 11.1. The molecule has 0 aromatic carbocycles. The largest absolute Gasteiger partial charge is 0.480 e. The maximum absolute atomic E-state index is 11.4. The molecule has 1 atom stereocenters. The Morgan fingerprint density at radius 3 is 2.47 bits per heavy atom. The van der Waals surface area contributed by atoms with Gasteiger partial charge in [-0.05, 0) is 52.6 Å². The van der Waals surface area contributed by atoms with Gasteiger partial charge in [0, 0.05) is 12.2 Å². The van der Waals surface area contributed by atoms with Gasteiger partial charge in [0.2, 0.25) is 0 Å². The normalized spacial score (nSPS) is 14.4. The van der Waals surface area contributed by atoms with E-state index < -0.39 is 11.5 Å². The van der Waals surface area contributed by atoms with Crippen LogP contribution in [0.3, 0.4) is 0 Å². The number of nitrogens with one attached hydrogen (secondary N) is 1. The van der Waals surface area contributed by atoms with Gasteiger partial charge in [0.1, 0.15) is 5.54 Å². The number of aliphatic carboxylic acids is 1. The summed E-state index contributed by atoms with van der Waals surface area (Å²) >= 11 is 0. The van der Waals surface area contributed by atoms with Crippen molar-refractivity contribution in [2.75, 3.05) is 6.54 Å². The minimum Gasteiger partial charge on any atom is -0.480 e. The van der Waals surface area contributed by atoms with Gasteiger partial charge >= 0.3 is 5.97 Å². The van der Waals surface area contributed by atoms with Crippen molar-refractivity contribution in [3.8, 4) is 0 Å². The van der Waals surface area contributed by atoms with Gasteiger partial charge < -0.3 is 10.4 Å². The molecule has 0 aliphatic rings. The molecule has 0 aliphatic heterocycles. The molecule has 0 spiro atoms. The molecule has 0 fully saturated rings. The maximum Gasteiger partial charge on any atom is 0.323 e. The van der Waals surface area contributed by atoms with Crippen LogP contribution in [0.25, 0.3) is 0 Å². The third-order valence-electron chi connectivity index (χ3n) is 3.80. The molecule has 1 heterocycles. The molecule has 0 aliphatic carbocycles. The third kappa shape index (κ3) is 3.56. The molecule has 1 unspecified atom stereocenters. The highest BCUT2D eigenvalue weighted by molar-refractivity contribution is 5.78. The van der Waals surface area contributed by atoms with Crippen molar-refractivity contribution in [1.29, 1.82) is 0 Å². The van der Waals surface area contributed by atoms with Crippen LogP contribution in [-0.2, 0) is 11.3 Å². The number of carboxylic acids is 1. The lowest BCUT2D eigenvalue weighted by Crippen LogP contribution is -2.50. The average Bonchev–Trinajstić information content (AvgIpc) is 2.61. The fourth-order valence-electron chi connectivity index (χ4n) is 2.01. The molecule has 19 heavy (non-hydrogen) atoms. The van der Waals surface area contributed by atoms with E-state index in [2.05, 4.69) is 10.4 Å². The van der Waals surface area contributed by atoms with Crippen LogP contribution in [0, 0.1) is 20.8 Å². The summed E-state index contributed by atoms with van der Waals surface area (Å²) in [5.41, 5.74) is 2.41. The van der Waals surface area contributed by atoms with E-state index >= 15 is 0 Å². The second-order valence-electron chi connectivity index (χ2n) is 5.33. The Morgan fingerprint density at radius 1 is 1.42 bits per heavy atom. The molecule has 1 rings (SSSR count). The van der Waals surface area contributed by atoms with Crippen molar-refractivity contribution < 1.29 is 9.90 Å². The van der Waals surface area contributed by atoms with Gasteiger partial charge in [-0.2, -0.15) is 5.10 Å². The first kappa shape index (κ1) is 15.7. The number of hydrogen-bond acceptors (Lipinski definition) is 3. The highest BCUT2D eigenvalue weighted by Gasteiger charge is 2.32. The van der Waals surface area contributed by atoms with E-state index in [1.165, 1.54) is 5.56 Å². The standard InChI is InChI=1S/C14H25N3O2/c1-6-8-15-14(5,13(18)19)7-9-17-12(4)10(2)11(3)16-17/h15H,6-9H2,1-5H3,(H,18,19). The van der Waals surface area contributed by atoms with Crippen molar-refractivity contribution in [3.05, 3.63) is 17.0 Å². The van der Waals surface area contributed by atoms with Crippen LogP contribution in [-0.4, -0.2) is 32.9 Å². The highest BCUT2D eigenvalue weighted by Crippen LogP contribution is 2.16. The summed E-state index contributed by atoms with van der Waals surface area (Å²) < 4.78 is 1.90. The Morgan fingerprint density at radius 2 is 2.05 bits per heavy atom. The van der Waals surface area contributed by atoms with Crippen LogP contribution in [0.4, 0.5) is 0 Å². The molecule has 2 N–H and O–H groups in total. The van der Waals surface area contributed by atoms with E-state index in [-0.39, 0.29) is 0 Å². The SMILES string of the molecule is CCCNC(C)(CCn1nc(C)c(C)c1C)C(=O)O. The Hall–Kier alpha value is -1.36. The zero-order chi connectivity index (χ0) is 14.6. The van der Waals surface area contributed by atoms with E-state index in [4.69, 9.17) is 0 Å². The summed E-state index contributed by atoms with van der Waals surface area (Å²) in [4.78, 5) is 11.4. The number of hydrogen-bond donors (Lipinski definition) is 2. The van der Waals surface area contributed by atoms with Crippen LogP contribution in [0.2, 0.25) is 0 Å². The Balaban J connectivity index is 2.76. The molecule has 0 saturated carbocycles. The topological polar surface area (TPSA) is 67.2 Å². The Kier molecular flexibility index (Phi) is 5.11. The van der Waals surface area contributed by atoms with Crippen LogP contribution in [0.15, 0.2) is 0 Å². The van der Waals surface area contributed by atoms with Crippen molar-refractivity contribution in [2.45, 2.75) is 59.5 Å². The molecular weight excluding hydrogens is 242 g/mol. The number of aromatic nitrogens is 2. The minimum atomic E-state index is -0.893. The van der Waals surface area contributed by atoms with Gasteiger partial charge in [0.05, 0.1) is 5.69 Å². The van der Waals surface area contributed by atoms with E-state index in [1.54, 1.807) is 6.92 Å². The zero-order valence-electron chi connectivity index (χ0n) is 12.6. The predicted molar refractivity (Wildman–Crippen MR) is 75.4 cm³/mol. The van der Waals surface area contributed by atoms with Gasteiger partial charge in [-0.3, -0.25) is 9.48 Å². The monoisotopic (exact) mass is 267 g/mol. The fraction of sp³-hybridized carbons (Fsp3) is 0.714.